The van der Waals surface area contributed by atoms with Crippen LogP contribution in [-0.4, -0.2) is 26.3 Å². The molecule has 74 valence electrons. The van der Waals surface area contributed by atoms with E-state index in [0.717, 1.165) is 12.8 Å². The number of rotatable bonds is 5. The average molecular weight is 184 g/mol. The molecule has 0 aromatic heterocycles. The van der Waals surface area contributed by atoms with Gasteiger partial charge in [-0.2, -0.15) is 0 Å². The van der Waals surface area contributed by atoms with Gasteiger partial charge in [0.2, 0.25) is 0 Å². The molecule has 3 heteroatoms. The fourth-order valence-electron chi connectivity index (χ4n) is 1.37. The van der Waals surface area contributed by atoms with Gasteiger partial charge in [-0.25, -0.2) is 0 Å². The molecule has 0 aliphatic heterocycles. The predicted molar refractivity (Wildman–Crippen MR) is 49.3 cm³/mol. The first-order chi connectivity index (χ1) is 6.33. The molecule has 1 aliphatic rings. The number of carbonyl (C=O) groups is 1. The van der Waals surface area contributed by atoms with E-state index in [2.05, 4.69) is 0 Å². The van der Waals surface area contributed by atoms with Crippen molar-refractivity contribution in [3.05, 3.63) is 12.2 Å². The average Bonchev–Trinajstić information content (AvgIpc) is 2.15. The molecule has 0 spiro atoms. The third-order valence-electron chi connectivity index (χ3n) is 2.15. The van der Waals surface area contributed by atoms with E-state index in [1.54, 1.807) is 13.2 Å². The smallest absolute Gasteiger partial charge is 0.155 e. The number of hydrogen-bond acceptors (Lipinski definition) is 3. The van der Waals surface area contributed by atoms with Gasteiger partial charge in [-0.05, 0) is 24.8 Å². The molecule has 1 aliphatic carbocycles. The molecule has 0 fully saturated rings. The highest BCUT2D eigenvalue weighted by molar-refractivity contribution is 5.90. The lowest BCUT2D eigenvalue weighted by Crippen LogP contribution is -2.10. The summed E-state index contributed by atoms with van der Waals surface area (Å²) in [6, 6.07) is 0. The van der Waals surface area contributed by atoms with Crippen LogP contribution in [0.25, 0.3) is 0 Å². The lowest BCUT2D eigenvalue weighted by molar-refractivity contribution is -0.115. The van der Waals surface area contributed by atoms with Crippen molar-refractivity contribution in [3.8, 4) is 0 Å². The third kappa shape index (κ3) is 4.20. The Hall–Kier alpha value is -0.670. The zero-order valence-corrected chi connectivity index (χ0v) is 7.99. The topological polar surface area (TPSA) is 35.5 Å². The van der Waals surface area contributed by atoms with E-state index in [0.29, 0.717) is 25.7 Å². The monoisotopic (exact) mass is 184 g/mol. The van der Waals surface area contributed by atoms with Crippen molar-refractivity contribution < 1.29 is 14.3 Å². The maximum absolute atomic E-state index is 10.8. The molecule has 0 radical (unpaired) electrons. The van der Waals surface area contributed by atoms with Crippen LogP contribution in [0, 0.1) is 5.92 Å². The SMILES string of the molecule is COCOCC[C@@H]1C=CC(=O)CC1. The Morgan fingerprint density at radius 2 is 2.46 bits per heavy atom. The van der Waals surface area contributed by atoms with Crippen molar-refractivity contribution in [1.82, 2.24) is 0 Å². The Kier molecular flexibility index (Phi) is 4.72. The van der Waals surface area contributed by atoms with Crippen LogP contribution in [0.3, 0.4) is 0 Å². The molecule has 0 N–H and O–H groups in total. The summed E-state index contributed by atoms with van der Waals surface area (Å²) in [6.45, 7) is 1.06. The summed E-state index contributed by atoms with van der Waals surface area (Å²) in [5, 5.41) is 0. The first-order valence-corrected chi connectivity index (χ1v) is 4.60. The van der Waals surface area contributed by atoms with Gasteiger partial charge in [-0.3, -0.25) is 4.79 Å². The summed E-state index contributed by atoms with van der Waals surface area (Å²) in [6.07, 6.45) is 6.30. The van der Waals surface area contributed by atoms with E-state index in [9.17, 15) is 4.79 Å². The largest absolute Gasteiger partial charge is 0.359 e. The fourth-order valence-corrected chi connectivity index (χ4v) is 1.37. The van der Waals surface area contributed by atoms with Crippen molar-refractivity contribution in [2.24, 2.45) is 5.92 Å². The van der Waals surface area contributed by atoms with E-state index in [4.69, 9.17) is 9.47 Å². The quantitative estimate of drug-likeness (QED) is 0.480. The van der Waals surface area contributed by atoms with Gasteiger partial charge in [0.15, 0.2) is 5.78 Å². The number of hydrogen-bond donors (Lipinski definition) is 0. The van der Waals surface area contributed by atoms with Crippen LogP contribution >= 0.6 is 0 Å². The van der Waals surface area contributed by atoms with Gasteiger partial charge in [0.25, 0.3) is 0 Å². The minimum atomic E-state index is 0.244. The molecule has 0 saturated carbocycles. The summed E-state index contributed by atoms with van der Waals surface area (Å²) in [4.78, 5) is 10.8. The summed E-state index contributed by atoms with van der Waals surface area (Å²) < 4.78 is 9.93. The second-order valence-electron chi connectivity index (χ2n) is 3.23. The molecule has 1 atom stereocenters. The van der Waals surface area contributed by atoms with Crippen molar-refractivity contribution in [1.29, 1.82) is 0 Å². The van der Waals surface area contributed by atoms with Crippen LogP contribution in [0.15, 0.2) is 12.2 Å². The van der Waals surface area contributed by atoms with E-state index in [-0.39, 0.29) is 5.78 Å². The first kappa shape index (κ1) is 10.4. The van der Waals surface area contributed by atoms with Crippen LogP contribution in [0.5, 0.6) is 0 Å². The third-order valence-corrected chi connectivity index (χ3v) is 2.15. The van der Waals surface area contributed by atoms with Crippen LogP contribution < -0.4 is 0 Å². The van der Waals surface area contributed by atoms with E-state index < -0.39 is 0 Å². The zero-order chi connectivity index (χ0) is 9.52. The van der Waals surface area contributed by atoms with Gasteiger partial charge in [0, 0.05) is 20.1 Å². The van der Waals surface area contributed by atoms with Crippen molar-refractivity contribution in [2.75, 3.05) is 20.5 Å². The summed E-state index contributed by atoms with van der Waals surface area (Å²) in [5.41, 5.74) is 0. The molecule has 13 heavy (non-hydrogen) atoms. The number of ketones is 1. The van der Waals surface area contributed by atoms with Gasteiger partial charge in [-0.15, -0.1) is 0 Å². The summed E-state index contributed by atoms with van der Waals surface area (Å²) >= 11 is 0. The molecule has 0 bridgehead atoms. The lowest BCUT2D eigenvalue weighted by atomic mass is 9.93. The van der Waals surface area contributed by atoms with E-state index in [1.807, 2.05) is 6.08 Å². The minimum Gasteiger partial charge on any atom is -0.359 e. The Morgan fingerprint density at radius 3 is 3.08 bits per heavy atom. The lowest BCUT2D eigenvalue weighted by Gasteiger charge is -2.14. The summed E-state index contributed by atoms with van der Waals surface area (Å²) in [7, 11) is 1.61. The molecule has 0 amide bonds. The highest BCUT2D eigenvalue weighted by Crippen LogP contribution is 2.18. The highest BCUT2D eigenvalue weighted by atomic mass is 16.7. The Bertz CT molecular complexity index is 187. The van der Waals surface area contributed by atoms with Gasteiger partial charge in [0.1, 0.15) is 6.79 Å². The van der Waals surface area contributed by atoms with Crippen LogP contribution in [0.1, 0.15) is 19.3 Å². The molecule has 3 nitrogen and oxygen atoms in total. The zero-order valence-electron chi connectivity index (χ0n) is 7.99. The standard InChI is InChI=1S/C10H16O3/c1-12-8-13-7-6-9-2-4-10(11)5-3-9/h2,4,9H,3,5-8H2,1H3/t9-/m1/s1. The van der Waals surface area contributed by atoms with Gasteiger partial charge in [-0.1, -0.05) is 6.08 Å². The van der Waals surface area contributed by atoms with Crippen molar-refractivity contribution in [3.63, 3.8) is 0 Å². The number of ether oxygens (including phenoxy) is 2. The van der Waals surface area contributed by atoms with Crippen molar-refractivity contribution in [2.45, 2.75) is 19.3 Å². The maximum Gasteiger partial charge on any atom is 0.155 e. The maximum atomic E-state index is 10.8. The molecular formula is C10H16O3. The summed E-state index contributed by atoms with van der Waals surface area (Å²) in [5.74, 6) is 0.753. The Balaban J connectivity index is 2.09. The Morgan fingerprint density at radius 1 is 1.62 bits per heavy atom. The van der Waals surface area contributed by atoms with E-state index in [1.165, 1.54) is 0 Å². The molecule has 0 unspecified atom stereocenters. The van der Waals surface area contributed by atoms with Crippen LogP contribution in [0.4, 0.5) is 0 Å². The molecule has 0 aromatic rings. The predicted octanol–water partition coefficient (Wildman–Crippen LogP) is 1.53. The molecule has 1 rings (SSSR count). The second-order valence-corrected chi connectivity index (χ2v) is 3.23. The number of carbonyl (C=O) groups excluding carboxylic acids is 1. The molecule has 0 saturated heterocycles. The van der Waals surface area contributed by atoms with E-state index >= 15 is 0 Å². The first-order valence-electron chi connectivity index (χ1n) is 4.60. The minimum absolute atomic E-state index is 0.244. The normalized spacial score (nSPS) is 22.2. The second kappa shape index (κ2) is 5.89. The molecule has 0 aromatic carbocycles. The van der Waals surface area contributed by atoms with Crippen LogP contribution in [0.2, 0.25) is 0 Å². The number of methoxy groups -OCH3 is 1. The van der Waals surface area contributed by atoms with Crippen LogP contribution in [-0.2, 0) is 14.3 Å². The van der Waals surface area contributed by atoms with Gasteiger partial charge in [0.05, 0.1) is 0 Å². The number of allylic oxidation sites excluding steroid dienone is 2. The Labute approximate surface area is 78.7 Å². The fraction of sp³-hybridized carbons (Fsp3) is 0.700. The van der Waals surface area contributed by atoms with Gasteiger partial charge >= 0.3 is 0 Å². The van der Waals surface area contributed by atoms with Gasteiger partial charge < -0.3 is 9.47 Å². The van der Waals surface area contributed by atoms with Crippen molar-refractivity contribution >= 4 is 5.78 Å². The highest BCUT2D eigenvalue weighted by Gasteiger charge is 2.12. The molecule has 0 heterocycles. The molecular weight excluding hydrogens is 168 g/mol.